The highest BCUT2D eigenvalue weighted by Gasteiger charge is 2.18. The molecule has 1 aliphatic rings. The zero-order valence-corrected chi connectivity index (χ0v) is 11.1. The molecule has 0 saturated carbocycles. The van der Waals surface area contributed by atoms with Crippen molar-refractivity contribution < 1.29 is 14.6 Å². The van der Waals surface area contributed by atoms with E-state index in [-0.39, 0.29) is 12.6 Å². The molecular formula is C14H20N2O3. The van der Waals surface area contributed by atoms with Crippen LogP contribution < -0.4 is 5.32 Å². The second-order valence-electron chi connectivity index (χ2n) is 4.66. The summed E-state index contributed by atoms with van der Waals surface area (Å²) in [4.78, 5) is 13.6. The average molecular weight is 264 g/mol. The van der Waals surface area contributed by atoms with Crippen molar-refractivity contribution in [2.45, 2.75) is 13.0 Å². The third-order valence-electron chi connectivity index (χ3n) is 3.29. The molecule has 5 nitrogen and oxygen atoms in total. The molecule has 19 heavy (non-hydrogen) atoms. The number of carbonyl (C=O) groups is 1. The van der Waals surface area contributed by atoms with Gasteiger partial charge < -0.3 is 20.1 Å². The van der Waals surface area contributed by atoms with Crippen LogP contribution in [0.3, 0.4) is 0 Å². The van der Waals surface area contributed by atoms with Crippen LogP contribution in [-0.4, -0.2) is 48.9 Å². The SMILES string of the molecule is Cc1ccccc1C(O)CNC(=O)N1CCOCC1. The molecule has 2 N–H and O–H groups in total. The monoisotopic (exact) mass is 264 g/mol. The van der Waals surface area contributed by atoms with Crippen LogP contribution in [0, 0.1) is 6.92 Å². The standard InChI is InChI=1S/C14H20N2O3/c1-11-4-2-3-5-12(11)13(17)10-15-14(18)16-6-8-19-9-7-16/h2-5,13,17H,6-10H2,1H3,(H,15,18). The largest absolute Gasteiger partial charge is 0.387 e. The van der Waals surface area contributed by atoms with Crippen molar-refractivity contribution in [3.8, 4) is 0 Å². The summed E-state index contributed by atoms with van der Waals surface area (Å²) in [6.07, 6.45) is -0.675. The Balaban J connectivity index is 1.84. The number of morpholine rings is 1. The van der Waals surface area contributed by atoms with Crippen LogP contribution in [0.5, 0.6) is 0 Å². The number of urea groups is 1. The maximum Gasteiger partial charge on any atom is 0.317 e. The fraction of sp³-hybridized carbons (Fsp3) is 0.500. The van der Waals surface area contributed by atoms with Crippen molar-refractivity contribution in [2.24, 2.45) is 0 Å². The molecule has 2 amide bonds. The molecule has 0 aliphatic carbocycles. The van der Waals surface area contributed by atoms with E-state index in [1.165, 1.54) is 0 Å². The summed E-state index contributed by atoms with van der Waals surface area (Å²) in [6.45, 7) is 4.53. The van der Waals surface area contributed by atoms with Gasteiger partial charge in [-0.25, -0.2) is 4.79 Å². The van der Waals surface area contributed by atoms with Crippen molar-refractivity contribution in [3.05, 3.63) is 35.4 Å². The van der Waals surface area contributed by atoms with Gasteiger partial charge in [0, 0.05) is 19.6 Å². The number of rotatable bonds is 3. The third kappa shape index (κ3) is 3.68. The van der Waals surface area contributed by atoms with E-state index in [0.29, 0.717) is 26.3 Å². The molecule has 0 spiro atoms. The number of ether oxygens (including phenoxy) is 1. The summed E-state index contributed by atoms with van der Waals surface area (Å²) in [7, 11) is 0. The zero-order chi connectivity index (χ0) is 13.7. The Bertz CT molecular complexity index is 430. The number of aliphatic hydroxyl groups excluding tert-OH is 1. The van der Waals surface area contributed by atoms with Crippen molar-refractivity contribution in [1.29, 1.82) is 0 Å². The minimum absolute atomic E-state index is 0.143. The van der Waals surface area contributed by atoms with E-state index >= 15 is 0 Å². The van der Waals surface area contributed by atoms with E-state index < -0.39 is 6.10 Å². The van der Waals surface area contributed by atoms with Gasteiger partial charge >= 0.3 is 6.03 Å². The first kappa shape index (κ1) is 13.8. The summed E-state index contributed by atoms with van der Waals surface area (Å²) in [5.41, 5.74) is 1.88. The normalized spacial score (nSPS) is 17.1. The molecule has 104 valence electrons. The van der Waals surface area contributed by atoms with Gasteiger partial charge in [-0.1, -0.05) is 24.3 Å². The molecule has 5 heteroatoms. The van der Waals surface area contributed by atoms with Crippen LogP contribution in [0.4, 0.5) is 4.79 Å². The summed E-state index contributed by atoms with van der Waals surface area (Å²) in [5.74, 6) is 0. The Labute approximate surface area is 113 Å². The van der Waals surface area contributed by atoms with E-state index in [2.05, 4.69) is 5.32 Å². The Kier molecular flexibility index (Phi) is 4.76. The van der Waals surface area contributed by atoms with Crippen LogP contribution in [0.25, 0.3) is 0 Å². The van der Waals surface area contributed by atoms with Gasteiger partial charge in [0.25, 0.3) is 0 Å². The average Bonchev–Trinajstić information content (AvgIpc) is 2.46. The molecule has 0 bridgehead atoms. The lowest BCUT2D eigenvalue weighted by molar-refractivity contribution is 0.0521. The molecule has 2 rings (SSSR count). The fourth-order valence-electron chi connectivity index (χ4n) is 2.13. The molecule has 0 radical (unpaired) electrons. The first-order valence-corrected chi connectivity index (χ1v) is 6.52. The minimum Gasteiger partial charge on any atom is -0.387 e. The zero-order valence-electron chi connectivity index (χ0n) is 11.1. The second kappa shape index (κ2) is 6.54. The van der Waals surface area contributed by atoms with E-state index in [1.54, 1.807) is 4.90 Å². The Hall–Kier alpha value is -1.59. The predicted molar refractivity (Wildman–Crippen MR) is 71.9 cm³/mol. The van der Waals surface area contributed by atoms with Crippen molar-refractivity contribution in [3.63, 3.8) is 0 Å². The quantitative estimate of drug-likeness (QED) is 0.858. The maximum atomic E-state index is 11.9. The Morgan fingerprint density at radius 3 is 2.79 bits per heavy atom. The molecular weight excluding hydrogens is 244 g/mol. The van der Waals surface area contributed by atoms with Crippen molar-refractivity contribution in [2.75, 3.05) is 32.8 Å². The van der Waals surface area contributed by atoms with Gasteiger partial charge in [0.1, 0.15) is 0 Å². The molecule has 1 aromatic rings. The number of amides is 2. The molecule has 1 fully saturated rings. The van der Waals surface area contributed by atoms with Gasteiger partial charge in [-0.15, -0.1) is 0 Å². The number of carbonyl (C=O) groups excluding carboxylic acids is 1. The first-order chi connectivity index (χ1) is 9.18. The van der Waals surface area contributed by atoms with Gasteiger partial charge in [0.15, 0.2) is 0 Å². The molecule has 1 atom stereocenters. The lowest BCUT2D eigenvalue weighted by atomic mass is 10.0. The number of nitrogens with zero attached hydrogens (tertiary/aromatic N) is 1. The van der Waals surface area contributed by atoms with Gasteiger partial charge in [-0.3, -0.25) is 0 Å². The number of nitrogens with one attached hydrogen (secondary N) is 1. The first-order valence-electron chi connectivity index (χ1n) is 6.52. The van der Waals surface area contributed by atoms with E-state index in [9.17, 15) is 9.90 Å². The second-order valence-corrected chi connectivity index (χ2v) is 4.66. The molecule has 1 aromatic carbocycles. The fourth-order valence-corrected chi connectivity index (χ4v) is 2.13. The summed E-state index contributed by atoms with van der Waals surface area (Å²) in [6, 6.07) is 7.49. The van der Waals surface area contributed by atoms with E-state index in [1.807, 2.05) is 31.2 Å². The highest BCUT2D eigenvalue weighted by atomic mass is 16.5. The smallest absolute Gasteiger partial charge is 0.317 e. The Morgan fingerprint density at radius 2 is 2.11 bits per heavy atom. The van der Waals surface area contributed by atoms with Gasteiger partial charge in [-0.05, 0) is 18.1 Å². The number of benzene rings is 1. The van der Waals surface area contributed by atoms with Gasteiger partial charge in [0.05, 0.1) is 19.3 Å². The third-order valence-corrected chi connectivity index (χ3v) is 3.29. The van der Waals surface area contributed by atoms with Gasteiger partial charge in [-0.2, -0.15) is 0 Å². The maximum absolute atomic E-state index is 11.9. The van der Waals surface area contributed by atoms with Crippen LogP contribution >= 0.6 is 0 Å². The highest BCUT2D eigenvalue weighted by molar-refractivity contribution is 5.74. The highest BCUT2D eigenvalue weighted by Crippen LogP contribution is 2.16. The van der Waals surface area contributed by atoms with Crippen molar-refractivity contribution in [1.82, 2.24) is 10.2 Å². The van der Waals surface area contributed by atoms with Crippen molar-refractivity contribution >= 4 is 6.03 Å². The van der Waals surface area contributed by atoms with E-state index in [0.717, 1.165) is 11.1 Å². The minimum atomic E-state index is -0.675. The summed E-state index contributed by atoms with van der Waals surface area (Å²) in [5, 5.41) is 12.8. The Morgan fingerprint density at radius 1 is 1.42 bits per heavy atom. The lowest BCUT2D eigenvalue weighted by Crippen LogP contribution is -2.47. The van der Waals surface area contributed by atoms with Crippen LogP contribution in [0.2, 0.25) is 0 Å². The molecule has 1 heterocycles. The molecule has 0 aromatic heterocycles. The van der Waals surface area contributed by atoms with E-state index in [4.69, 9.17) is 4.74 Å². The predicted octanol–water partition coefficient (Wildman–Crippen LogP) is 1.07. The van der Waals surface area contributed by atoms with Crippen LogP contribution in [-0.2, 0) is 4.74 Å². The van der Waals surface area contributed by atoms with Crippen LogP contribution in [0.1, 0.15) is 17.2 Å². The molecule has 1 saturated heterocycles. The number of aryl methyl sites for hydroxylation is 1. The van der Waals surface area contributed by atoms with Gasteiger partial charge in [0.2, 0.25) is 0 Å². The van der Waals surface area contributed by atoms with Crippen LogP contribution in [0.15, 0.2) is 24.3 Å². The summed E-state index contributed by atoms with van der Waals surface area (Å²) >= 11 is 0. The number of aliphatic hydroxyl groups is 1. The number of hydrogen-bond acceptors (Lipinski definition) is 3. The topological polar surface area (TPSA) is 61.8 Å². The number of hydrogen-bond donors (Lipinski definition) is 2. The summed E-state index contributed by atoms with van der Waals surface area (Å²) < 4.78 is 5.19. The molecule has 1 aliphatic heterocycles. The lowest BCUT2D eigenvalue weighted by Gasteiger charge is -2.27. The molecule has 1 unspecified atom stereocenters.